The van der Waals surface area contributed by atoms with Gasteiger partial charge in [0.15, 0.2) is 0 Å². The van der Waals surface area contributed by atoms with Crippen molar-refractivity contribution in [3.05, 3.63) is 35.7 Å². The minimum Gasteiger partial charge on any atom is -0.466 e. The molecule has 0 unspecified atom stereocenters. The number of amides is 1. The Morgan fingerprint density at radius 2 is 2.25 bits per heavy atom. The maximum Gasteiger partial charge on any atom is 0.330 e. The number of rotatable bonds is 3. The van der Waals surface area contributed by atoms with Gasteiger partial charge in [0.05, 0.1) is 12.7 Å². The van der Waals surface area contributed by atoms with Gasteiger partial charge in [-0.2, -0.15) is 0 Å². The Morgan fingerprint density at radius 3 is 2.88 bits per heavy atom. The molecule has 0 bridgehead atoms. The summed E-state index contributed by atoms with van der Waals surface area (Å²) in [6.07, 6.45) is 5.61. The first kappa shape index (κ1) is 11.9. The summed E-state index contributed by atoms with van der Waals surface area (Å²) in [4.78, 5) is 25.8. The first-order valence-electron chi connectivity index (χ1n) is 4.39. The molecule has 0 aliphatic rings. The molecule has 16 heavy (non-hydrogen) atoms. The number of pyridine rings is 1. The zero-order chi connectivity index (χ0) is 12.0. The molecule has 0 aliphatic carbocycles. The number of nitrogens with zero attached hydrogens (tertiary/aromatic N) is 1. The van der Waals surface area contributed by atoms with E-state index in [4.69, 9.17) is 5.84 Å². The van der Waals surface area contributed by atoms with Crippen LogP contribution in [0.2, 0.25) is 0 Å². The number of hydrazine groups is 1. The van der Waals surface area contributed by atoms with Gasteiger partial charge >= 0.3 is 5.97 Å². The molecule has 1 aromatic rings. The summed E-state index contributed by atoms with van der Waals surface area (Å²) in [7, 11) is 1.28. The molecule has 0 atom stereocenters. The fourth-order valence-corrected chi connectivity index (χ4v) is 0.989. The molecule has 1 rings (SSSR count). The highest BCUT2D eigenvalue weighted by atomic mass is 16.5. The molecule has 1 heterocycles. The second-order valence-corrected chi connectivity index (χ2v) is 2.84. The van der Waals surface area contributed by atoms with Gasteiger partial charge in [0, 0.05) is 18.5 Å². The highest BCUT2D eigenvalue weighted by molar-refractivity contribution is 5.94. The van der Waals surface area contributed by atoms with Gasteiger partial charge in [-0.1, -0.05) is 0 Å². The SMILES string of the molecule is COC(=O)C=Cc1cncc(C(=O)NN)c1. The Labute approximate surface area is 92.1 Å². The van der Waals surface area contributed by atoms with Crippen LogP contribution in [0.4, 0.5) is 0 Å². The zero-order valence-corrected chi connectivity index (χ0v) is 8.64. The molecule has 0 fully saturated rings. The topological polar surface area (TPSA) is 94.3 Å². The molecule has 84 valence electrons. The van der Waals surface area contributed by atoms with Crippen molar-refractivity contribution in [2.45, 2.75) is 0 Å². The summed E-state index contributed by atoms with van der Waals surface area (Å²) in [5, 5.41) is 0. The number of hydrogen-bond donors (Lipinski definition) is 2. The molecule has 6 heteroatoms. The van der Waals surface area contributed by atoms with Crippen LogP contribution in [-0.2, 0) is 9.53 Å². The Hall–Kier alpha value is -2.21. The van der Waals surface area contributed by atoms with Crippen molar-refractivity contribution in [2.24, 2.45) is 5.84 Å². The summed E-state index contributed by atoms with van der Waals surface area (Å²) in [6.45, 7) is 0. The van der Waals surface area contributed by atoms with E-state index in [-0.39, 0.29) is 0 Å². The van der Waals surface area contributed by atoms with E-state index in [1.807, 2.05) is 5.43 Å². The van der Waals surface area contributed by atoms with Crippen molar-refractivity contribution >= 4 is 18.0 Å². The molecule has 1 aromatic heterocycles. The molecule has 0 saturated carbocycles. The number of methoxy groups -OCH3 is 1. The van der Waals surface area contributed by atoms with E-state index in [1.54, 1.807) is 6.07 Å². The summed E-state index contributed by atoms with van der Waals surface area (Å²) in [5.41, 5.74) is 2.91. The maximum atomic E-state index is 11.2. The second-order valence-electron chi connectivity index (χ2n) is 2.84. The fourth-order valence-electron chi connectivity index (χ4n) is 0.989. The van der Waals surface area contributed by atoms with Crippen LogP contribution in [0.5, 0.6) is 0 Å². The number of nitrogen functional groups attached to an aromatic ring is 1. The number of carbonyl (C=O) groups is 2. The molecule has 3 N–H and O–H groups in total. The molecular formula is C10H11N3O3. The van der Waals surface area contributed by atoms with Crippen molar-refractivity contribution in [3.8, 4) is 0 Å². The quantitative estimate of drug-likeness (QED) is 0.244. The highest BCUT2D eigenvalue weighted by Crippen LogP contribution is 2.04. The van der Waals surface area contributed by atoms with Crippen molar-refractivity contribution in [1.82, 2.24) is 10.4 Å². The van der Waals surface area contributed by atoms with Gasteiger partial charge in [0.1, 0.15) is 0 Å². The van der Waals surface area contributed by atoms with Gasteiger partial charge in [-0.3, -0.25) is 15.2 Å². The average Bonchev–Trinajstić information content (AvgIpc) is 2.35. The lowest BCUT2D eigenvalue weighted by molar-refractivity contribution is -0.134. The first-order valence-corrected chi connectivity index (χ1v) is 4.39. The largest absolute Gasteiger partial charge is 0.466 e. The smallest absolute Gasteiger partial charge is 0.330 e. The van der Waals surface area contributed by atoms with Crippen LogP contribution in [0.15, 0.2) is 24.5 Å². The number of hydrogen-bond acceptors (Lipinski definition) is 5. The molecule has 0 aliphatic heterocycles. The third kappa shape index (κ3) is 3.18. The normalized spacial score (nSPS) is 10.1. The van der Waals surface area contributed by atoms with Gasteiger partial charge in [0.2, 0.25) is 0 Å². The fraction of sp³-hybridized carbons (Fsp3) is 0.100. The van der Waals surface area contributed by atoms with Gasteiger partial charge in [-0.05, 0) is 17.7 Å². The number of esters is 1. The lowest BCUT2D eigenvalue weighted by atomic mass is 10.2. The molecule has 1 amide bonds. The number of aromatic nitrogens is 1. The van der Waals surface area contributed by atoms with E-state index in [9.17, 15) is 9.59 Å². The van der Waals surface area contributed by atoms with E-state index in [2.05, 4.69) is 9.72 Å². The van der Waals surface area contributed by atoms with Crippen LogP contribution in [0, 0.1) is 0 Å². The second kappa shape index (κ2) is 5.62. The Kier molecular flexibility index (Phi) is 4.16. The first-order chi connectivity index (χ1) is 7.67. The van der Waals surface area contributed by atoms with Gasteiger partial charge in [0.25, 0.3) is 5.91 Å². The Morgan fingerprint density at radius 1 is 1.50 bits per heavy atom. The van der Waals surface area contributed by atoms with Gasteiger partial charge < -0.3 is 4.74 Å². The zero-order valence-electron chi connectivity index (χ0n) is 8.64. The van der Waals surface area contributed by atoms with Crippen molar-refractivity contribution < 1.29 is 14.3 Å². The van der Waals surface area contributed by atoms with Crippen LogP contribution in [0.3, 0.4) is 0 Å². The lowest BCUT2D eigenvalue weighted by Gasteiger charge is -1.99. The van der Waals surface area contributed by atoms with Gasteiger partial charge in [-0.25, -0.2) is 10.6 Å². The van der Waals surface area contributed by atoms with Crippen molar-refractivity contribution in [3.63, 3.8) is 0 Å². The average molecular weight is 221 g/mol. The molecular weight excluding hydrogens is 210 g/mol. The Bertz CT molecular complexity index is 429. The Balaban J connectivity index is 2.86. The summed E-state index contributed by atoms with van der Waals surface area (Å²) < 4.78 is 4.43. The predicted molar refractivity (Wildman–Crippen MR) is 56.9 cm³/mol. The predicted octanol–water partition coefficient (Wildman–Crippen LogP) is -0.129. The number of ether oxygens (including phenoxy) is 1. The lowest BCUT2D eigenvalue weighted by Crippen LogP contribution is -2.30. The third-order valence-electron chi connectivity index (χ3n) is 1.77. The van der Waals surface area contributed by atoms with E-state index in [1.165, 1.54) is 31.7 Å². The standard InChI is InChI=1S/C10H11N3O3/c1-16-9(14)3-2-7-4-8(6-12-5-7)10(15)13-11/h2-6H,11H2,1H3,(H,13,15). The minimum atomic E-state index is -0.478. The van der Waals surface area contributed by atoms with Gasteiger partial charge in [-0.15, -0.1) is 0 Å². The van der Waals surface area contributed by atoms with Crippen LogP contribution < -0.4 is 11.3 Å². The highest BCUT2D eigenvalue weighted by Gasteiger charge is 2.03. The molecule has 0 spiro atoms. The molecule has 0 saturated heterocycles. The monoisotopic (exact) mass is 221 g/mol. The summed E-state index contributed by atoms with van der Waals surface area (Å²) in [6, 6.07) is 1.55. The number of nitrogens with one attached hydrogen (secondary N) is 1. The van der Waals surface area contributed by atoms with E-state index in [0.29, 0.717) is 11.1 Å². The third-order valence-corrected chi connectivity index (χ3v) is 1.77. The van der Waals surface area contributed by atoms with Crippen molar-refractivity contribution in [2.75, 3.05) is 7.11 Å². The van der Waals surface area contributed by atoms with Crippen LogP contribution >= 0.6 is 0 Å². The van der Waals surface area contributed by atoms with Crippen molar-refractivity contribution in [1.29, 1.82) is 0 Å². The van der Waals surface area contributed by atoms with Crippen LogP contribution in [0.1, 0.15) is 15.9 Å². The van der Waals surface area contributed by atoms with Crippen LogP contribution in [-0.4, -0.2) is 24.0 Å². The van der Waals surface area contributed by atoms with E-state index in [0.717, 1.165) is 0 Å². The minimum absolute atomic E-state index is 0.314. The number of carbonyl (C=O) groups excluding carboxylic acids is 2. The van der Waals surface area contributed by atoms with E-state index < -0.39 is 11.9 Å². The summed E-state index contributed by atoms with van der Waals surface area (Å²) >= 11 is 0. The van der Waals surface area contributed by atoms with Crippen LogP contribution in [0.25, 0.3) is 6.08 Å². The summed E-state index contributed by atoms with van der Waals surface area (Å²) in [5.74, 6) is 4.06. The molecule has 0 radical (unpaired) electrons. The maximum absolute atomic E-state index is 11.2. The molecule has 6 nitrogen and oxygen atoms in total. The molecule has 0 aromatic carbocycles. The van der Waals surface area contributed by atoms with E-state index >= 15 is 0 Å². The number of nitrogens with two attached hydrogens (primary N) is 1.